The summed E-state index contributed by atoms with van der Waals surface area (Å²) in [6.45, 7) is 11.3. The molecule has 11 nitrogen and oxygen atoms in total. The van der Waals surface area contributed by atoms with E-state index in [0.717, 1.165) is 16.9 Å². The number of amides is 3. The zero-order valence-corrected chi connectivity index (χ0v) is 20.6. The van der Waals surface area contributed by atoms with Gasteiger partial charge >= 0.3 is 6.18 Å². The topological polar surface area (TPSA) is 130 Å². The van der Waals surface area contributed by atoms with Crippen LogP contribution in [0.5, 0.6) is 0 Å². The number of fused-ring (bicyclic) bond motifs is 1. The Bertz CT molecular complexity index is 1510. The molecule has 0 spiro atoms. The largest absolute Gasteiger partial charge is 0.418 e. The Morgan fingerprint density at radius 3 is 2.58 bits per heavy atom. The minimum atomic E-state index is -4.76. The summed E-state index contributed by atoms with van der Waals surface area (Å²) in [5, 5.41) is 6.37. The molecule has 3 N–H and O–H groups in total. The fourth-order valence-electron chi connectivity index (χ4n) is 4.61. The fraction of sp³-hybridized carbons (Fsp3) is 0.333. The number of benzene rings is 1. The molecule has 0 radical (unpaired) electrons. The Hall–Kier alpha value is -4.67. The predicted octanol–water partition coefficient (Wildman–Crippen LogP) is 2.58. The summed E-state index contributed by atoms with van der Waals surface area (Å²) in [6, 6.07) is 5.05. The number of hydrogen-bond acceptors (Lipinski definition) is 6. The maximum atomic E-state index is 13.8. The number of carbonyl (C=O) groups is 3. The molecule has 1 aromatic carbocycles. The first kappa shape index (κ1) is 26.4. The van der Waals surface area contributed by atoms with Crippen LogP contribution in [0, 0.1) is 6.57 Å². The maximum Gasteiger partial charge on any atom is 0.418 e. The van der Waals surface area contributed by atoms with Crippen molar-refractivity contribution < 1.29 is 27.6 Å². The van der Waals surface area contributed by atoms with E-state index in [0.29, 0.717) is 0 Å². The zero-order chi connectivity index (χ0) is 28.0. The molecule has 38 heavy (non-hydrogen) atoms. The van der Waals surface area contributed by atoms with Crippen LogP contribution in [0.15, 0.2) is 30.6 Å². The molecule has 0 bridgehead atoms. The van der Waals surface area contributed by atoms with Gasteiger partial charge in [-0.25, -0.2) is 16.1 Å². The van der Waals surface area contributed by atoms with Gasteiger partial charge in [0, 0.05) is 25.6 Å². The molecular weight excluding hydrogens is 505 g/mol. The summed E-state index contributed by atoms with van der Waals surface area (Å²) in [7, 11) is 0. The Labute approximate surface area is 214 Å². The standard InChI is InChI=1S/C24H23F3N8O3/c1-13(36)34-8-7-33(22(38)23(34,2)3)18-9-14(5-6-15(18)21(37)31-11-29-4)17-10-16(24(25,26)27)19-20(28)30-12-32-35(17)19/h5-6,9-10,12H,7-8,11H2,1-3H3,(H,31,37)(H2,28,30,32). The van der Waals surface area contributed by atoms with E-state index < -0.39 is 34.6 Å². The van der Waals surface area contributed by atoms with E-state index in [1.165, 1.54) is 34.9 Å². The third-order valence-electron chi connectivity index (χ3n) is 6.41. The SMILES string of the molecule is [C-]#[N+]CNC(=O)c1ccc(-c2cc(C(F)(F)F)c3c(N)ncnn23)cc1N1CCN(C(C)=O)C(C)(C)C1=O. The van der Waals surface area contributed by atoms with Gasteiger partial charge in [0.2, 0.25) is 5.91 Å². The van der Waals surface area contributed by atoms with Crippen LogP contribution in [0.25, 0.3) is 21.6 Å². The van der Waals surface area contributed by atoms with E-state index in [1.807, 2.05) is 0 Å². The molecule has 3 heterocycles. The average Bonchev–Trinajstić information content (AvgIpc) is 3.25. The third-order valence-corrected chi connectivity index (χ3v) is 6.41. The van der Waals surface area contributed by atoms with Crippen molar-refractivity contribution in [1.82, 2.24) is 24.8 Å². The normalized spacial score (nSPS) is 15.4. The van der Waals surface area contributed by atoms with Crippen LogP contribution in [-0.2, 0) is 15.8 Å². The van der Waals surface area contributed by atoms with Crippen molar-refractivity contribution in [3.8, 4) is 11.3 Å². The van der Waals surface area contributed by atoms with Gasteiger partial charge in [-0.15, -0.1) is 0 Å². The minimum absolute atomic E-state index is 0.00451. The Morgan fingerprint density at radius 1 is 1.24 bits per heavy atom. The summed E-state index contributed by atoms with van der Waals surface area (Å²) in [6.07, 6.45) is -3.74. The van der Waals surface area contributed by atoms with Crippen molar-refractivity contribution >= 4 is 34.7 Å². The second kappa shape index (κ2) is 9.33. The number of rotatable bonds is 4. The summed E-state index contributed by atoms with van der Waals surface area (Å²) >= 11 is 0. The molecular formula is C24H23F3N8O3. The summed E-state index contributed by atoms with van der Waals surface area (Å²) < 4.78 is 42.5. The highest BCUT2D eigenvalue weighted by Gasteiger charge is 2.44. The van der Waals surface area contributed by atoms with Crippen molar-refractivity contribution in [3.63, 3.8) is 0 Å². The number of hydrogen-bond donors (Lipinski definition) is 2. The second-order valence-electron chi connectivity index (χ2n) is 9.09. The van der Waals surface area contributed by atoms with E-state index >= 15 is 0 Å². The molecule has 14 heteroatoms. The first-order valence-electron chi connectivity index (χ1n) is 11.3. The highest BCUT2D eigenvalue weighted by Crippen LogP contribution is 2.40. The third kappa shape index (κ3) is 4.36. The molecule has 1 fully saturated rings. The quantitative estimate of drug-likeness (QED) is 0.501. The van der Waals surface area contributed by atoms with Gasteiger partial charge in [0.05, 0.1) is 22.5 Å². The van der Waals surface area contributed by atoms with Crippen molar-refractivity contribution in [1.29, 1.82) is 0 Å². The first-order chi connectivity index (χ1) is 17.8. The molecule has 4 rings (SSSR count). The maximum absolute atomic E-state index is 13.8. The van der Waals surface area contributed by atoms with Crippen molar-refractivity contribution in [3.05, 3.63) is 53.1 Å². The van der Waals surface area contributed by atoms with E-state index in [-0.39, 0.29) is 54.0 Å². The van der Waals surface area contributed by atoms with Gasteiger partial charge in [0.15, 0.2) is 5.82 Å². The predicted molar refractivity (Wildman–Crippen MR) is 131 cm³/mol. The summed E-state index contributed by atoms with van der Waals surface area (Å²) in [5.41, 5.74) is 3.39. The highest BCUT2D eigenvalue weighted by atomic mass is 19.4. The van der Waals surface area contributed by atoms with E-state index in [4.69, 9.17) is 12.3 Å². The number of halogens is 3. The van der Waals surface area contributed by atoms with E-state index in [1.54, 1.807) is 13.8 Å². The molecule has 0 unspecified atom stereocenters. The van der Waals surface area contributed by atoms with Crippen LogP contribution < -0.4 is 16.0 Å². The fourth-order valence-corrected chi connectivity index (χ4v) is 4.61. The lowest BCUT2D eigenvalue weighted by Crippen LogP contribution is -2.64. The average molecular weight is 528 g/mol. The lowest BCUT2D eigenvalue weighted by molar-refractivity contribution is -0.145. The number of alkyl halides is 3. The molecule has 0 aliphatic carbocycles. The number of anilines is 2. The Kier molecular flexibility index (Phi) is 6.48. The molecule has 1 aliphatic rings. The number of nitrogens with one attached hydrogen (secondary N) is 1. The van der Waals surface area contributed by atoms with E-state index in [2.05, 4.69) is 20.2 Å². The van der Waals surface area contributed by atoms with Crippen LogP contribution in [-0.4, -0.2) is 62.5 Å². The molecule has 2 aromatic heterocycles. The molecule has 1 saturated heterocycles. The zero-order valence-electron chi connectivity index (χ0n) is 20.6. The van der Waals surface area contributed by atoms with Gasteiger partial charge in [-0.05, 0) is 32.0 Å². The van der Waals surface area contributed by atoms with Gasteiger partial charge in [0.1, 0.15) is 17.4 Å². The van der Waals surface area contributed by atoms with Crippen LogP contribution in [0.4, 0.5) is 24.7 Å². The van der Waals surface area contributed by atoms with E-state index in [9.17, 15) is 27.6 Å². The molecule has 0 saturated carbocycles. The Morgan fingerprint density at radius 2 is 1.95 bits per heavy atom. The first-order valence-corrected chi connectivity index (χ1v) is 11.3. The molecule has 1 aliphatic heterocycles. The highest BCUT2D eigenvalue weighted by molar-refractivity contribution is 6.09. The summed E-state index contributed by atoms with van der Waals surface area (Å²) in [4.78, 5) is 48.1. The second-order valence-corrected chi connectivity index (χ2v) is 9.09. The van der Waals surface area contributed by atoms with Gasteiger partial charge in [-0.2, -0.15) is 18.3 Å². The van der Waals surface area contributed by atoms with Crippen molar-refractivity contribution in [2.75, 3.05) is 30.4 Å². The van der Waals surface area contributed by atoms with Crippen molar-refractivity contribution in [2.45, 2.75) is 32.5 Å². The number of piperazine rings is 1. The van der Waals surface area contributed by atoms with Crippen LogP contribution in [0.3, 0.4) is 0 Å². The molecule has 3 amide bonds. The van der Waals surface area contributed by atoms with Gasteiger partial charge in [-0.1, -0.05) is 6.07 Å². The molecule has 3 aromatic rings. The lowest BCUT2D eigenvalue weighted by Gasteiger charge is -2.45. The number of nitrogens with zero attached hydrogens (tertiary/aromatic N) is 6. The van der Waals surface area contributed by atoms with Crippen LogP contribution >= 0.6 is 0 Å². The monoisotopic (exact) mass is 528 g/mol. The van der Waals surface area contributed by atoms with Gasteiger partial charge in [0.25, 0.3) is 18.5 Å². The van der Waals surface area contributed by atoms with Crippen molar-refractivity contribution in [2.24, 2.45) is 0 Å². The smallest absolute Gasteiger partial charge is 0.382 e. The Balaban J connectivity index is 1.92. The number of aromatic nitrogens is 3. The molecule has 0 atom stereocenters. The van der Waals surface area contributed by atoms with Crippen LogP contribution in [0.2, 0.25) is 0 Å². The minimum Gasteiger partial charge on any atom is -0.382 e. The summed E-state index contributed by atoms with van der Waals surface area (Å²) in [5.74, 6) is -1.81. The number of nitrogen functional groups attached to an aromatic ring is 1. The van der Waals surface area contributed by atoms with Gasteiger partial charge < -0.3 is 15.5 Å². The number of carbonyl (C=O) groups excluding carboxylic acids is 3. The van der Waals surface area contributed by atoms with Crippen LogP contribution in [0.1, 0.15) is 36.7 Å². The lowest BCUT2D eigenvalue weighted by atomic mass is 9.95. The van der Waals surface area contributed by atoms with Gasteiger partial charge in [-0.3, -0.25) is 24.5 Å². The molecule has 198 valence electrons. The number of nitrogens with two attached hydrogens (primary N) is 1.